The lowest BCUT2D eigenvalue weighted by atomic mass is 9.98. The van der Waals surface area contributed by atoms with Gasteiger partial charge in [0.1, 0.15) is 24.4 Å². The van der Waals surface area contributed by atoms with Crippen molar-refractivity contribution >= 4 is 8.32 Å². The summed E-state index contributed by atoms with van der Waals surface area (Å²) in [4.78, 5) is 0. The highest BCUT2D eigenvalue weighted by Gasteiger charge is 2.48. The van der Waals surface area contributed by atoms with E-state index in [0.717, 1.165) is 38.5 Å². The van der Waals surface area contributed by atoms with Crippen LogP contribution in [-0.2, 0) is 23.4 Å². The number of hydrogen-bond donors (Lipinski definition) is 1. The van der Waals surface area contributed by atoms with Gasteiger partial charge in [-0.1, -0.05) is 60.8 Å². The minimum absolute atomic E-state index is 0.0989. The number of aliphatic hydroxyl groups excluding tert-OH is 1. The number of unbranched alkanes of at least 4 members (excludes halogenated alkanes) is 3. The van der Waals surface area contributed by atoms with Crippen molar-refractivity contribution in [1.82, 2.24) is 0 Å². The van der Waals surface area contributed by atoms with Gasteiger partial charge in [-0.15, -0.1) is 0 Å². The SMILES string of the molecule is CCCCOC1[C@H](O)OC(CO[Si](C)(C)C(C)(C)C)[C@H](OCCCC)[C@@H]1OCCCC. The number of ether oxygens (including phenoxy) is 4. The fourth-order valence-electron chi connectivity index (χ4n) is 3.20. The molecule has 0 spiro atoms. The van der Waals surface area contributed by atoms with Gasteiger partial charge in [0.25, 0.3) is 0 Å². The van der Waals surface area contributed by atoms with Gasteiger partial charge in [-0.25, -0.2) is 0 Å². The molecule has 0 aromatic carbocycles. The van der Waals surface area contributed by atoms with Crippen LogP contribution >= 0.6 is 0 Å². The molecule has 1 heterocycles. The predicted molar refractivity (Wildman–Crippen MR) is 128 cm³/mol. The van der Waals surface area contributed by atoms with Gasteiger partial charge in [0.05, 0.1) is 6.61 Å². The van der Waals surface area contributed by atoms with Crippen molar-refractivity contribution < 1.29 is 28.5 Å². The van der Waals surface area contributed by atoms with Crippen LogP contribution in [0.4, 0.5) is 0 Å². The molecule has 7 heteroatoms. The molecular weight excluding hydrogens is 412 g/mol. The molecule has 0 aromatic heterocycles. The van der Waals surface area contributed by atoms with Crippen LogP contribution in [0, 0.1) is 0 Å². The maximum atomic E-state index is 10.8. The molecule has 1 saturated heterocycles. The number of rotatable bonds is 15. The standard InChI is InChI=1S/C24H50O6Si/c1-9-12-15-26-20-19(18-29-31(7,8)24(4,5)6)30-23(25)22(28-17-14-11-3)21(20)27-16-13-10-2/h19-23,25H,9-18H2,1-8H3/t19?,20-,21-,22?,23+/m0/s1. The van der Waals surface area contributed by atoms with Crippen LogP contribution in [0.15, 0.2) is 0 Å². The first kappa shape index (κ1) is 29.0. The molecule has 1 fully saturated rings. The quantitative estimate of drug-likeness (QED) is 0.264. The summed E-state index contributed by atoms with van der Waals surface area (Å²) in [6.07, 6.45) is 3.29. The summed E-state index contributed by atoms with van der Waals surface area (Å²) in [6, 6.07) is 0. The molecule has 1 aliphatic heterocycles. The zero-order chi connectivity index (χ0) is 23.5. The van der Waals surface area contributed by atoms with Crippen LogP contribution in [0.25, 0.3) is 0 Å². The molecule has 0 bridgehead atoms. The Hall–Kier alpha value is -0.0231. The molecule has 1 rings (SSSR count). The molecule has 1 aliphatic rings. The van der Waals surface area contributed by atoms with E-state index >= 15 is 0 Å². The van der Waals surface area contributed by atoms with Crippen LogP contribution in [0.1, 0.15) is 80.1 Å². The third kappa shape index (κ3) is 9.39. The van der Waals surface area contributed by atoms with Crippen LogP contribution < -0.4 is 0 Å². The van der Waals surface area contributed by atoms with E-state index in [1.807, 2.05) is 0 Å². The number of aliphatic hydroxyl groups is 1. The van der Waals surface area contributed by atoms with Gasteiger partial charge in [0.15, 0.2) is 14.6 Å². The second-order valence-electron chi connectivity index (χ2n) is 10.2. The lowest BCUT2D eigenvalue weighted by Gasteiger charge is -2.46. The molecule has 0 radical (unpaired) electrons. The second kappa shape index (κ2) is 14.3. The minimum atomic E-state index is -1.96. The smallest absolute Gasteiger partial charge is 0.192 e. The molecule has 0 amide bonds. The van der Waals surface area contributed by atoms with Crippen molar-refractivity contribution in [3.63, 3.8) is 0 Å². The highest BCUT2D eigenvalue weighted by molar-refractivity contribution is 6.74. The summed E-state index contributed by atoms with van der Waals surface area (Å²) in [7, 11) is -1.96. The lowest BCUT2D eigenvalue weighted by Crippen LogP contribution is -2.62. The van der Waals surface area contributed by atoms with E-state index in [1.165, 1.54) is 0 Å². The van der Waals surface area contributed by atoms with E-state index in [1.54, 1.807) is 0 Å². The van der Waals surface area contributed by atoms with Crippen LogP contribution in [0.5, 0.6) is 0 Å². The minimum Gasteiger partial charge on any atom is -0.414 e. The highest BCUT2D eigenvalue weighted by Crippen LogP contribution is 2.37. The Labute approximate surface area is 192 Å². The van der Waals surface area contributed by atoms with Crippen molar-refractivity contribution in [3.8, 4) is 0 Å². The average molecular weight is 463 g/mol. The first-order valence-corrected chi connectivity index (χ1v) is 15.3. The van der Waals surface area contributed by atoms with E-state index in [9.17, 15) is 5.11 Å². The van der Waals surface area contributed by atoms with E-state index in [-0.39, 0.29) is 17.2 Å². The first-order chi connectivity index (χ1) is 14.6. The summed E-state index contributed by atoms with van der Waals surface area (Å²) >= 11 is 0. The summed E-state index contributed by atoms with van der Waals surface area (Å²) in [5.74, 6) is 0. The van der Waals surface area contributed by atoms with Crippen molar-refractivity contribution in [2.75, 3.05) is 26.4 Å². The molecule has 2 unspecified atom stereocenters. The third-order valence-corrected chi connectivity index (χ3v) is 10.9. The molecule has 186 valence electrons. The highest BCUT2D eigenvalue weighted by atomic mass is 28.4. The molecule has 6 nitrogen and oxygen atoms in total. The van der Waals surface area contributed by atoms with Gasteiger partial charge in [-0.05, 0) is 37.4 Å². The molecule has 1 N–H and O–H groups in total. The molecule has 0 aromatic rings. The molecule has 5 atom stereocenters. The maximum absolute atomic E-state index is 10.8. The van der Waals surface area contributed by atoms with Crippen molar-refractivity contribution in [2.45, 2.75) is 129 Å². The second-order valence-corrected chi connectivity index (χ2v) is 15.0. The predicted octanol–water partition coefficient (Wildman–Crippen LogP) is 5.28. The van der Waals surface area contributed by atoms with Crippen molar-refractivity contribution in [3.05, 3.63) is 0 Å². The molecule has 0 aliphatic carbocycles. The zero-order valence-electron chi connectivity index (χ0n) is 21.4. The monoisotopic (exact) mass is 462 g/mol. The Morgan fingerprint density at radius 2 is 1.23 bits per heavy atom. The molecular formula is C24H50O6Si. The third-order valence-electron chi connectivity index (χ3n) is 6.45. The van der Waals surface area contributed by atoms with Gasteiger partial charge in [-0.2, -0.15) is 0 Å². The fraction of sp³-hybridized carbons (Fsp3) is 1.00. The van der Waals surface area contributed by atoms with Crippen molar-refractivity contribution in [1.29, 1.82) is 0 Å². The van der Waals surface area contributed by atoms with E-state index in [4.69, 9.17) is 23.4 Å². The Balaban J connectivity index is 3.02. The van der Waals surface area contributed by atoms with Gasteiger partial charge in [-0.3, -0.25) is 0 Å². The summed E-state index contributed by atoms with van der Waals surface area (Å²) in [5.41, 5.74) is 0. The fourth-order valence-corrected chi connectivity index (χ4v) is 4.21. The molecule has 31 heavy (non-hydrogen) atoms. The molecule has 0 saturated carbocycles. The van der Waals surface area contributed by atoms with E-state index in [2.05, 4.69) is 54.6 Å². The Morgan fingerprint density at radius 3 is 1.68 bits per heavy atom. The van der Waals surface area contributed by atoms with Gasteiger partial charge in [0, 0.05) is 19.8 Å². The largest absolute Gasteiger partial charge is 0.414 e. The van der Waals surface area contributed by atoms with E-state index in [0.29, 0.717) is 26.4 Å². The normalized spacial score (nSPS) is 27.6. The summed E-state index contributed by atoms with van der Waals surface area (Å²) in [6.45, 7) is 19.7. The van der Waals surface area contributed by atoms with Crippen molar-refractivity contribution in [2.24, 2.45) is 0 Å². The topological polar surface area (TPSA) is 66.4 Å². The number of hydrogen-bond acceptors (Lipinski definition) is 6. The van der Waals surface area contributed by atoms with Crippen LogP contribution in [0.3, 0.4) is 0 Å². The van der Waals surface area contributed by atoms with Crippen LogP contribution in [-0.4, -0.2) is 70.6 Å². The Morgan fingerprint density at radius 1 is 0.774 bits per heavy atom. The maximum Gasteiger partial charge on any atom is 0.192 e. The summed E-state index contributed by atoms with van der Waals surface area (Å²) < 4.78 is 31.1. The Bertz CT molecular complexity index is 467. The van der Waals surface area contributed by atoms with Crippen LogP contribution in [0.2, 0.25) is 18.1 Å². The lowest BCUT2D eigenvalue weighted by molar-refractivity contribution is -0.310. The zero-order valence-corrected chi connectivity index (χ0v) is 22.4. The summed E-state index contributed by atoms with van der Waals surface area (Å²) in [5, 5.41) is 10.9. The van der Waals surface area contributed by atoms with Gasteiger partial charge < -0.3 is 28.5 Å². The Kier molecular flexibility index (Phi) is 13.4. The first-order valence-electron chi connectivity index (χ1n) is 12.4. The average Bonchev–Trinajstić information content (AvgIpc) is 2.69. The van der Waals surface area contributed by atoms with Gasteiger partial charge >= 0.3 is 0 Å². The van der Waals surface area contributed by atoms with Gasteiger partial charge in [0.2, 0.25) is 0 Å². The van der Waals surface area contributed by atoms with E-state index < -0.39 is 26.8 Å².